The number of furan rings is 1. The lowest BCUT2D eigenvalue weighted by Gasteiger charge is -2.06. The Labute approximate surface area is 173 Å². The molecular formula is C17H14Cl2F2N4O2S. The van der Waals surface area contributed by atoms with Gasteiger partial charge in [-0.25, -0.2) is 8.78 Å². The van der Waals surface area contributed by atoms with Crippen LogP contribution in [-0.2, 0) is 6.61 Å². The third-order valence-corrected chi connectivity index (χ3v) is 4.70. The van der Waals surface area contributed by atoms with Crippen molar-refractivity contribution < 1.29 is 17.9 Å². The average molecular weight is 447 g/mol. The average Bonchev–Trinajstić information content (AvgIpc) is 3.28. The SMILES string of the molecule is CCSc1nnc(C(F)F)n1N=Cc1ccc(COc2cc(Cl)ccc2Cl)o1. The zero-order valence-electron chi connectivity index (χ0n) is 14.5. The predicted octanol–water partition coefficient (Wildman–Crippen LogP) is 5.69. The van der Waals surface area contributed by atoms with E-state index in [9.17, 15) is 8.78 Å². The van der Waals surface area contributed by atoms with E-state index in [0.717, 1.165) is 4.68 Å². The fourth-order valence-electron chi connectivity index (χ4n) is 2.13. The van der Waals surface area contributed by atoms with Crippen molar-refractivity contribution in [3.63, 3.8) is 0 Å². The normalized spacial score (nSPS) is 11.6. The lowest BCUT2D eigenvalue weighted by atomic mass is 10.3. The Kier molecular flexibility index (Phi) is 6.93. The van der Waals surface area contributed by atoms with Crippen LogP contribution in [0.25, 0.3) is 0 Å². The summed E-state index contributed by atoms with van der Waals surface area (Å²) in [6.07, 6.45) is -1.48. The Bertz CT molecular complexity index is 978. The third kappa shape index (κ3) is 5.03. The van der Waals surface area contributed by atoms with Gasteiger partial charge in [-0.2, -0.15) is 9.78 Å². The zero-order chi connectivity index (χ0) is 20.1. The Hall–Kier alpha value is -2.10. The maximum Gasteiger partial charge on any atom is 0.299 e. The Morgan fingerprint density at radius 1 is 1.29 bits per heavy atom. The van der Waals surface area contributed by atoms with E-state index in [-0.39, 0.29) is 11.8 Å². The molecule has 0 aliphatic carbocycles. The van der Waals surface area contributed by atoms with E-state index in [2.05, 4.69) is 15.3 Å². The van der Waals surface area contributed by atoms with Crippen LogP contribution in [0.2, 0.25) is 10.0 Å². The number of rotatable bonds is 8. The van der Waals surface area contributed by atoms with Gasteiger partial charge >= 0.3 is 0 Å². The minimum atomic E-state index is -2.79. The van der Waals surface area contributed by atoms with Gasteiger partial charge in [-0.05, 0) is 30.0 Å². The molecule has 0 atom stereocenters. The highest BCUT2D eigenvalue weighted by atomic mass is 35.5. The van der Waals surface area contributed by atoms with E-state index >= 15 is 0 Å². The largest absolute Gasteiger partial charge is 0.484 e. The standard InChI is InChI=1S/C17H14Cl2F2N4O2S/c1-2-28-17-24-23-16(15(20)21)25(17)22-8-11-4-5-12(27-11)9-26-14-7-10(18)3-6-13(14)19/h3-8,15H,2,9H2,1H3. The summed E-state index contributed by atoms with van der Waals surface area (Å²) in [4.78, 5) is 0. The van der Waals surface area contributed by atoms with Crippen molar-refractivity contribution in [1.29, 1.82) is 0 Å². The van der Waals surface area contributed by atoms with Gasteiger partial charge in [-0.15, -0.1) is 10.2 Å². The van der Waals surface area contributed by atoms with Gasteiger partial charge in [0.1, 0.15) is 23.9 Å². The molecule has 6 nitrogen and oxygen atoms in total. The van der Waals surface area contributed by atoms with Crippen molar-refractivity contribution in [2.45, 2.75) is 25.1 Å². The maximum absolute atomic E-state index is 13.1. The molecule has 0 N–H and O–H groups in total. The Balaban J connectivity index is 1.71. The lowest BCUT2D eigenvalue weighted by molar-refractivity contribution is 0.135. The predicted molar refractivity (Wildman–Crippen MR) is 104 cm³/mol. The molecule has 0 bridgehead atoms. The van der Waals surface area contributed by atoms with Crippen LogP contribution < -0.4 is 4.74 Å². The summed E-state index contributed by atoms with van der Waals surface area (Å²) in [7, 11) is 0. The number of nitrogens with zero attached hydrogens (tertiary/aromatic N) is 4. The van der Waals surface area contributed by atoms with Crippen LogP contribution in [0.3, 0.4) is 0 Å². The summed E-state index contributed by atoms with van der Waals surface area (Å²) in [5.41, 5.74) is 0. The molecule has 0 aliphatic rings. The number of hydrogen-bond donors (Lipinski definition) is 0. The maximum atomic E-state index is 13.1. The number of alkyl halides is 2. The molecule has 2 heterocycles. The highest BCUT2D eigenvalue weighted by molar-refractivity contribution is 7.99. The molecule has 11 heteroatoms. The van der Waals surface area contributed by atoms with E-state index in [4.69, 9.17) is 32.4 Å². The number of aromatic nitrogens is 3. The van der Waals surface area contributed by atoms with Gasteiger partial charge in [0, 0.05) is 11.1 Å². The summed E-state index contributed by atoms with van der Waals surface area (Å²) >= 11 is 13.2. The highest BCUT2D eigenvalue weighted by Crippen LogP contribution is 2.28. The van der Waals surface area contributed by atoms with Gasteiger partial charge in [0.25, 0.3) is 6.43 Å². The van der Waals surface area contributed by atoms with Crippen LogP contribution in [0.1, 0.15) is 30.7 Å². The number of hydrogen-bond acceptors (Lipinski definition) is 6. The molecule has 0 fully saturated rings. The van der Waals surface area contributed by atoms with E-state index in [1.807, 2.05) is 6.92 Å². The monoisotopic (exact) mass is 446 g/mol. The third-order valence-electron chi connectivity index (χ3n) is 3.35. The van der Waals surface area contributed by atoms with Crippen LogP contribution in [0, 0.1) is 0 Å². The van der Waals surface area contributed by atoms with E-state index in [1.165, 1.54) is 18.0 Å². The molecule has 0 spiro atoms. The second kappa shape index (κ2) is 9.40. The van der Waals surface area contributed by atoms with Crippen molar-refractivity contribution >= 4 is 41.2 Å². The van der Waals surface area contributed by atoms with Crippen molar-refractivity contribution in [2.24, 2.45) is 5.10 Å². The first-order valence-electron chi connectivity index (χ1n) is 8.05. The number of halogens is 4. The number of ether oxygens (including phenoxy) is 1. The summed E-state index contributed by atoms with van der Waals surface area (Å²) in [5.74, 6) is 1.40. The van der Waals surface area contributed by atoms with Gasteiger partial charge in [-0.1, -0.05) is 41.9 Å². The zero-order valence-corrected chi connectivity index (χ0v) is 16.8. The van der Waals surface area contributed by atoms with E-state index in [1.54, 1.807) is 30.3 Å². The van der Waals surface area contributed by atoms with Gasteiger partial charge in [0.15, 0.2) is 0 Å². The molecule has 148 valence electrons. The topological polar surface area (TPSA) is 65.4 Å². The molecule has 0 saturated heterocycles. The first-order valence-corrected chi connectivity index (χ1v) is 9.79. The van der Waals surface area contributed by atoms with Crippen LogP contribution >= 0.6 is 35.0 Å². The van der Waals surface area contributed by atoms with E-state index < -0.39 is 12.2 Å². The summed E-state index contributed by atoms with van der Waals surface area (Å²) in [6, 6.07) is 8.20. The molecule has 2 aromatic heterocycles. The van der Waals surface area contributed by atoms with Crippen LogP contribution in [0.5, 0.6) is 5.75 Å². The fourth-order valence-corrected chi connectivity index (χ4v) is 3.09. The molecule has 1 aromatic carbocycles. The molecule has 3 rings (SSSR count). The molecule has 0 amide bonds. The fraction of sp³-hybridized carbons (Fsp3) is 0.235. The lowest BCUT2D eigenvalue weighted by Crippen LogP contribution is -2.00. The quantitative estimate of drug-likeness (QED) is 0.328. The van der Waals surface area contributed by atoms with Crippen molar-refractivity contribution in [1.82, 2.24) is 14.9 Å². The Morgan fingerprint density at radius 3 is 2.86 bits per heavy atom. The molecule has 0 radical (unpaired) electrons. The van der Waals surface area contributed by atoms with Crippen LogP contribution in [0.15, 0.2) is 45.0 Å². The highest BCUT2D eigenvalue weighted by Gasteiger charge is 2.20. The van der Waals surface area contributed by atoms with Crippen molar-refractivity contribution in [3.05, 3.63) is 57.7 Å². The first kappa shape index (κ1) is 20.6. The van der Waals surface area contributed by atoms with Gasteiger partial charge in [0.2, 0.25) is 11.0 Å². The molecule has 0 unspecified atom stereocenters. The number of benzene rings is 1. The molecular weight excluding hydrogens is 433 g/mol. The van der Waals surface area contributed by atoms with Gasteiger partial charge in [0.05, 0.1) is 11.2 Å². The minimum Gasteiger partial charge on any atom is -0.484 e. The summed E-state index contributed by atoms with van der Waals surface area (Å²) in [5, 5.41) is 12.4. The summed E-state index contributed by atoms with van der Waals surface area (Å²) in [6.45, 7) is 1.99. The van der Waals surface area contributed by atoms with Crippen LogP contribution in [0.4, 0.5) is 8.78 Å². The smallest absolute Gasteiger partial charge is 0.299 e. The van der Waals surface area contributed by atoms with Gasteiger partial charge in [-0.3, -0.25) is 0 Å². The van der Waals surface area contributed by atoms with Crippen molar-refractivity contribution in [3.8, 4) is 5.75 Å². The molecule has 0 aliphatic heterocycles. The molecule has 28 heavy (non-hydrogen) atoms. The second-order valence-electron chi connectivity index (χ2n) is 5.30. The Morgan fingerprint density at radius 2 is 2.11 bits per heavy atom. The minimum absolute atomic E-state index is 0.111. The van der Waals surface area contributed by atoms with Gasteiger partial charge < -0.3 is 9.15 Å². The number of thioether (sulfide) groups is 1. The first-order chi connectivity index (χ1) is 13.5. The molecule has 0 saturated carbocycles. The van der Waals surface area contributed by atoms with Crippen molar-refractivity contribution in [2.75, 3.05) is 5.75 Å². The van der Waals surface area contributed by atoms with E-state index in [0.29, 0.717) is 33.1 Å². The van der Waals surface area contributed by atoms with Crippen LogP contribution in [-0.4, -0.2) is 26.8 Å². The summed E-state index contributed by atoms with van der Waals surface area (Å²) < 4.78 is 38.3. The molecule has 3 aromatic rings. The second-order valence-corrected chi connectivity index (χ2v) is 7.37.